The van der Waals surface area contributed by atoms with E-state index in [0.717, 1.165) is 34.2 Å². The molecule has 2 fully saturated rings. The van der Waals surface area contributed by atoms with E-state index < -0.39 is 0 Å². The van der Waals surface area contributed by atoms with Crippen LogP contribution in [0.25, 0.3) is 0 Å². The van der Waals surface area contributed by atoms with Gasteiger partial charge in [-0.1, -0.05) is 22.4 Å². The summed E-state index contributed by atoms with van der Waals surface area (Å²) in [5, 5.41) is 3.44. The third-order valence-electron chi connectivity index (χ3n) is 5.35. The van der Waals surface area contributed by atoms with Crippen LogP contribution in [0, 0.1) is 23.6 Å². The average molecular weight is 340 g/mol. The van der Waals surface area contributed by atoms with Crippen molar-refractivity contribution < 1.29 is 4.39 Å². The first-order valence-electron chi connectivity index (χ1n) is 7.77. The van der Waals surface area contributed by atoms with Crippen LogP contribution in [-0.2, 0) is 6.42 Å². The third-order valence-corrected chi connectivity index (χ3v) is 6.13. The first-order valence-corrected chi connectivity index (χ1v) is 8.56. The van der Waals surface area contributed by atoms with Crippen LogP contribution in [0.2, 0.25) is 0 Å². The van der Waals surface area contributed by atoms with Crippen molar-refractivity contribution in [2.24, 2.45) is 17.8 Å². The van der Waals surface area contributed by atoms with Crippen molar-refractivity contribution in [3.8, 4) is 0 Å². The standard InChI is InChI=1S/C17H23BrFN/c1-20-16(9-13-7-11-2-3-12(13)6-11)10-14-8-15(19)4-5-17(14)18/h4-5,8,11-13,16,20H,2-3,6-7,9-10H2,1H3. The molecule has 1 aromatic carbocycles. The van der Waals surface area contributed by atoms with Gasteiger partial charge in [-0.05, 0) is 80.7 Å². The van der Waals surface area contributed by atoms with E-state index in [1.165, 1.54) is 38.2 Å². The van der Waals surface area contributed by atoms with Crippen molar-refractivity contribution in [3.05, 3.63) is 34.1 Å². The molecule has 0 amide bonds. The molecule has 1 nitrogen and oxygen atoms in total. The Morgan fingerprint density at radius 3 is 2.85 bits per heavy atom. The van der Waals surface area contributed by atoms with E-state index in [-0.39, 0.29) is 5.82 Å². The van der Waals surface area contributed by atoms with E-state index in [9.17, 15) is 4.39 Å². The fraction of sp³-hybridized carbons (Fsp3) is 0.647. The van der Waals surface area contributed by atoms with Crippen molar-refractivity contribution in [1.82, 2.24) is 5.32 Å². The van der Waals surface area contributed by atoms with E-state index in [1.807, 2.05) is 13.1 Å². The summed E-state index contributed by atoms with van der Waals surface area (Å²) in [4.78, 5) is 0. The van der Waals surface area contributed by atoms with Crippen molar-refractivity contribution in [2.45, 2.75) is 44.6 Å². The summed E-state index contributed by atoms with van der Waals surface area (Å²) in [7, 11) is 2.03. The molecule has 4 atom stereocenters. The van der Waals surface area contributed by atoms with E-state index in [1.54, 1.807) is 6.07 Å². The Labute approximate surface area is 129 Å². The van der Waals surface area contributed by atoms with Crippen LogP contribution < -0.4 is 5.32 Å². The molecule has 20 heavy (non-hydrogen) atoms. The molecule has 2 bridgehead atoms. The number of hydrogen-bond acceptors (Lipinski definition) is 1. The maximum absolute atomic E-state index is 13.4. The SMILES string of the molecule is CNC(Cc1cc(F)ccc1Br)CC1CC2CCC1C2. The van der Waals surface area contributed by atoms with E-state index in [4.69, 9.17) is 0 Å². The Kier molecular flexibility index (Phi) is 4.46. The second-order valence-electron chi connectivity index (χ2n) is 6.60. The molecule has 0 heterocycles. The Morgan fingerprint density at radius 2 is 2.20 bits per heavy atom. The maximum atomic E-state index is 13.4. The molecule has 2 saturated carbocycles. The molecule has 0 aromatic heterocycles. The van der Waals surface area contributed by atoms with Gasteiger partial charge in [0.2, 0.25) is 0 Å². The van der Waals surface area contributed by atoms with Gasteiger partial charge in [0.05, 0.1) is 0 Å². The lowest BCUT2D eigenvalue weighted by Gasteiger charge is -2.27. The highest BCUT2D eigenvalue weighted by atomic mass is 79.9. The summed E-state index contributed by atoms with van der Waals surface area (Å²) >= 11 is 3.54. The van der Waals surface area contributed by atoms with Gasteiger partial charge < -0.3 is 5.32 Å². The fourth-order valence-electron chi connectivity index (χ4n) is 4.30. The topological polar surface area (TPSA) is 12.0 Å². The molecule has 0 radical (unpaired) electrons. The van der Waals surface area contributed by atoms with Crippen LogP contribution in [0.4, 0.5) is 4.39 Å². The molecule has 3 rings (SSSR count). The minimum atomic E-state index is -0.141. The number of nitrogens with one attached hydrogen (secondary N) is 1. The van der Waals surface area contributed by atoms with Gasteiger partial charge in [-0.2, -0.15) is 0 Å². The quantitative estimate of drug-likeness (QED) is 0.829. The fourth-order valence-corrected chi connectivity index (χ4v) is 4.71. The van der Waals surface area contributed by atoms with Crippen LogP contribution in [0.15, 0.2) is 22.7 Å². The van der Waals surface area contributed by atoms with Gasteiger partial charge in [0.1, 0.15) is 5.82 Å². The number of rotatable bonds is 5. The molecular weight excluding hydrogens is 317 g/mol. The molecule has 0 saturated heterocycles. The number of halogens is 2. The van der Waals surface area contributed by atoms with Gasteiger partial charge >= 0.3 is 0 Å². The van der Waals surface area contributed by atoms with Crippen molar-refractivity contribution in [3.63, 3.8) is 0 Å². The van der Waals surface area contributed by atoms with Crippen LogP contribution in [0.5, 0.6) is 0 Å². The third kappa shape index (κ3) is 3.09. The van der Waals surface area contributed by atoms with Gasteiger partial charge in [-0.15, -0.1) is 0 Å². The molecule has 1 N–H and O–H groups in total. The monoisotopic (exact) mass is 339 g/mol. The molecular formula is C17H23BrFN. The lowest BCUT2D eigenvalue weighted by molar-refractivity contribution is 0.281. The van der Waals surface area contributed by atoms with Gasteiger partial charge in [0.25, 0.3) is 0 Å². The summed E-state index contributed by atoms with van der Waals surface area (Å²) < 4.78 is 14.4. The van der Waals surface area contributed by atoms with Crippen LogP contribution in [-0.4, -0.2) is 13.1 Å². The first kappa shape index (κ1) is 14.5. The van der Waals surface area contributed by atoms with E-state index in [0.29, 0.717) is 6.04 Å². The van der Waals surface area contributed by atoms with Crippen molar-refractivity contribution in [2.75, 3.05) is 7.05 Å². The summed E-state index contributed by atoms with van der Waals surface area (Å²) in [6.07, 6.45) is 7.93. The van der Waals surface area contributed by atoms with Gasteiger partial charge in [-0.25, -0.2) is 4.39 Å². The second kappa shape index (κ2) is 6.15. The van der Waals surface area contributed by atoms with Crippen LogP contribution >= 0.6 is 15.9 Å². The molecule has 110 valence electrons. The zero-order valence-corrected chi connectivity index (χ0v) is 13.6. The highest BCUT2D eigenvalue weighted by molar-refractivity contribution is 9.10. The maximum Gasteiger partial charge on any atom is 0.123 e. The molecule has 2 aliphatic carbocycles. The number of likely N-dealkylation sites (N-methyl/N-ethyl adjacent to an activating group) is 1. The molecule has 3 heteroatoms. The smallest absolute Gasteiger partial charge is 0.123 e. The predicted molar refractivity (Wildman–Crippen MR) is 84.2 cm³/mol. The summed E-state index contributed by atoms with van der Waals surface area (Å²) in [6.45, 7) is 0. The highest BCUT2D eigenvalue weighted by Gasteiger charge is 2.39. The normalized spacial score (nSPS) is 29.9. The molecule has 4 unspecified atom stereocenters. The number of benzene rings is 1. The molecule has 0 spiro atoms. The lowest BCUT2D eigenvalue weighted by Crippen LogP contribution is -2.31. The largest absolute Gasteiger partial charge is 0.317 e. The van der Waals surface area contributed by atoms with Gasteiger partial charge in [0.15, 0.2) is 0 Å². The predicted octanol–water partition coefficient (Wildman–Crippen LogP) is 4.55. The number of hydrogen-bond donors (Lipinski definition) is 1. The highest BCUT2D eigenvalue weighted by Crippen LogP contribution is 2.50. The van der Waals surface area contributed by atoms with Gasteiger partial charge in [0, 0.05) is 10.5 Å². The second-order valence-corrected chi connectivity index (χ2v) is 7.45. The molecule has 0 aliphatic heterocycles. The van der Waals surface area contributed by atoms with E-state index in [2.05, 4.69) is 21.2 Å². The summed E-state index contributed by atoms with van der Waals surface area (Å²) in [5.41, 5.74) is 1.08. The number of fused-ring (bicyclic) bond motifs is 2. The average Bonchev–Trinajstić information content (AvgIpc) is 3.04. The minimum Gasteiger partial charge on any atom is -0.317 e. The van der Waals surface area contributed by atoms with Gasteiger partial charge in [-0.3, -0.25) is 0 Å². The first-order chi connectivity index (χ1) is 9.65. The minimum absolute atomic E-state index is 0.141. The van der Waals surface area contributed by atoms with Crippen LogP contribution in [0.1, 0.15) is 37.7 Å². The Morgan fingerprint density at radius 1 is 1.35 bits per heavy atom. The Hall–Kier alpha value is -0.410. The van der Waals surface area contributed by atoms with Crippen molar-refractivity contribution >= 4 is 15.9 Å². The van der Waals surface area contributed by atoms with Crippen LogP contribution in [0.3, 0.4) is 0 Å². The van der Waals surface area contributed by atoms with Crippen molar-refractivity contribution in [1.29, 1.82) is 0 Å². The molecule has 2 aliphatic rings. The Bertz CT molecular complexity index is 476. The Balaban J connectivity index is 1.63. The zero-order chi connectivity index (χ0) is 14.1. The molecule has 1 aromatic rings. The zero-order valence-electron chi connectivity index (χ0n) is 12.0. The lowest BCUT2D eigenvalue weighted by atomic mass is 9.83. The summed E-state index contributed by atoms with van der Waals surface area (Å²) in [6, 6.07) is 5.44. The van der Waals surface area contributed by atoms with E-state index >= 15 is 0 Å². The summed E-state index contributed by atoms with van der Waals surface area (Å²) in [5.74, 6) is 2.71.